The van der Waals surface area contributed by atoms with E-state index >= 15 is 0 Å². The number of halogens is 1. The number of ether oxygens (including phenoxy) is 1. The number of thiazole rings is 1. The normalized spacial score (nSPS) is 12.8. The summed E-state index contributed by atoms with van der Waals surface area (Å²) < 4.78 is 5.39. The van der Waals surface area contributed by atoms with E-state index in [1.807, 2.05) is 0 Å². The molecule has 0 aliphatic heterocycles. The van der Waals surface area contributed by atoms with E-state index in [0.29, 0.717) is 10.9 Å². The van der Waals surface area contributed by atoms with Crippen LogP contribution in [0.4, 0.5) is 0 Å². The van der Waals surface area contributed by atoms with Crippen molar-refractivity contribution in [2.24, 2.45) is 5.73 Å². The second-order valence-corrected chi connectivity index (χ2v) is 6.25. The Balaban J connectivity index is 0.00000324. The molecule has 0 saturated heterocycles. The Kier molecular flexibility index (Phi) is 7.55. The second kappa shape index (κ2) is 7.82. The molecule has 0 radical (unpaired) electrons. The van der Waals surface area contributed by atoms with Gasteiger partial charge in [-0.3, -0.25) is 4.79 Å². The summed E-state index contributed by atoms with van der Waals surface area (Å²) in [4.78, 5) is 16.1. The molecule has 0 saturated carbocycles. The average Bonchev–Trinajstić information content (AvgIpc) is 2.78. The molecule has 0 fully saturated rings. The van der Waals surface area contributed by atoms with Crippen LogP contribution in [0.15, 0.2) is 6.20 Å². The summed E-state index contributed by atoms with van der Waals surface area (Å²) in [5.74, 6) is -0.0396. The Hall–Kier alpha value is -0.650. The minimum atomic E-state index is -0.445. The molecule has 1 amide bonds. The summed E-state index contributed by atoms with van der Waals surface area (Å²) in [5.41, 5.74) is 5.13. The van der Waals surface area contributed by atoms with Crippen molar-refractivity contribution >= 4 is 29.7 Å². The summed E-state index contributed by atoms with van der Waals surface area (Å²) >= 11 is 1.40. The van der Waals surface area contributed by atoms with Crippen molar-refractivity contribution in [3.8, 4) is 0 Å². The van der Waals surface area contributed by atoms with Crippen molar-refractivity contribution in [1.29, 1.82) is 0 Å². The molecule has 0 aliphatic carbocycles. The van der Waals surface area contributed by atoms with Gasteiger partial charge in [-0.1, -0.05) is 6.92 Å². The summed E-state index contributed by atoms with van der Waals surface area (Å²) in [6, 6.07) is 0. The first-order valence-electron chi connectivity index (χ1n) is 6.16. The summed E-state index contributed by atoms with van der Waals surface area (Å²) in [6.45, 7) is 6.34. The minimum absolute atomic E-state index is 0. The van der Waals surface area contributed by atoms with E-state index in [1.54, 1.807) is 13.3 Å². The van der Waals surface area contributed by atoms with Gasteiger partial charge < -0.3 is 10.5 Å². The van der Waals surface area contributed by atoms with Crippen molar-refractivity contribution in [3.63, 3.8) is 0 Å². The van der Waals surface area contributed by atoms with Gasteiger partial charge in [0.05, 0.1) is 5.60 Å². The monoisotopic (exact) mass is 306 g/mol. The van der Waals surface area contributed by atoms with Gasteiger partial charge >= 0.3 is 0 Å². The SMILES string of the molecule is COC(C)(C)CCCC(C)c1cnc(C(N)=O)s1.Cl. The molecule has 110 valence electrons. The van der Waals surface area contributed by atoms with Gasteiger partial charge in [0.1, 0.15) is 0 Å². The highest BCUT2D eigenvalue weighted by Crippen LogP contribution is 2.28. The molecule has 1 aromatic heterocycles. The number of carbonyl (C=O) groups excluding carboxylic acids is 1. The lowest BCUT2D eigenvalue weighted by atomic mass is 9.96. The molecule has 0 spiro atoms. The number of methoxy groups -OCH3 is 1. The number of rotatable bonds is 7. The van der Waals surface area contributed by atoms with Gasteiger partial charge in [0, 0.05) is 18.2 Å². The molecule has 0 aliphatic rings. The van der Waals surface area contributed by atoms with Crippen LogP contribution >= 0.6 is 23.7 Å². The van der Waals surface area contributed by atoms with Gasteiger partial charge in [-0.15, -0.1) is 23.7 Å². The Bertz CT molecular complexity index is 407. The molecule has 1 rings (SSSR count). The summed E-state index contributed by atoms with van der Waals surface area (Å²) in [5, 5.41) is 0.397. The van der Waals surface area contributed by atoms with E-state index in [9.17, 15) is 4.79 Å². The van der Waals surface area contributed by atoms with Crippen LogP contribution < -0.4 is 5.73 Å². The highest BCUT2D eigenvalue weighted by molar-refractivity contribution is 7.13. The zero-order chi connectivity index (χ0) is 13.8. The van der Waals surface area contributed by atoms with Gasteiger partial charge in [-0.2, -0.15) is 0 Å². The van der Waals surface area contributed by atoms with Crippen LogP contribution in [0.1, 0.15) is 60.6 Å². The lowest BCUT2D eigenvalue weighted by Crippen LogP contribution is -2.22. The minimum Gasteiger partial charge on any atom is -0.379 e. The number of nitrogens with zero attached hydrogens (tertiary/aromatic N) is 1. The number of carbonyl (C=O) groups is 1. The molecule has 1 unspecified atom stereocenters. The lowest BCUT2D eigenvalue weighted by Gasteiger charge is -2.23. The van der Waals surface area contributed by atoms with Crippen molar-refractivity contribution < 1.29 is 9.53 Å². The van der Waals surface area contributed by atoms with Gasteiger partial charge in [0.2, 0.25) is 0 Å². The molecule has 1 aromatic rings. The smallest absolute Gasteiger partial charge is 0.277 e. The second-order valence-electron chi connectivity index (χ2n) is 5.19. The first-order chi connectivity index (χ1) is 8.35. The summed E-state index contributed by atoms with van der Waals surface area (Å²) in [7, 11) is 1.74. The third kappa shape index (κ3) is 5.89. The maximum absolute atomic E-state index is 11.0. The highest BCUT2D eigenvalue weighted by Gasteiger charge is 2.17. The maximum Gasteiger partial charge on any atom is 0.277 e. The standard InChI is InChI=1S/C13H22N2O2S.ClH/c1-9(6-5-7-13(2,3)17-4)10-8-15-12(18-10)11(14)16;/h8-9H,5-7H2,1-4H3,(H2,14,16);1H. The van der Waals surface area contributed by atoms with Crippen molar-refractivity contribution in [2.45, 2.75) is 51.6 Å². The topological polar surface area (TPSA) is 65.2 Å². The van der Waals surface area contributed by atoms with E-state index in [4.69, 9.17) is 10.5 Å². The predicted octanol–water partition coefficient (Wildman–Crippen LogP) is 3.36. The Morgan fingerprint density at radius 3 is 2.68 bits per heavy atom. The fourth-order valence-corrected chi connectivity index (χ4v) is 2.56. The molecule has 0 aromatic carbocycles. The van der Waals surface area contributed by atoms with E-state index in [1.165, 1.54) is 11.3 Å². The quantitative estimate of drug-likeness (QED) is 0.840. The van der Waals surface area contributed by atoms with Gasteiger partial charge in [-0.05, 0) is 39.0 Å². The van der Waals surface area contributed by atoms with Crippen molar-refractivity contribution in [1.82, 2.24) is 4.98 Å². The number of primary amides is 1. The van der Waals surface area contributed by atoms with E-state index in [-0.39, 0.29) is 18.0 Å². The first-order valence-corrected chi connectivity index (χ1v) is 6.98. The third-order valence-corrected chi connectivity index (χ3v) is 4.43. The summed E-state index contributed by atoms with van der Waals surface area (Å²) in [6.07, 6.45) is 4.94. The van der Waals surface area contributed by atoms with E-state index in [0.717, 1.165) is 24.1 Å². The van der Waals surface area contributed by atoms with Gasteiger partial charge in [-0.25, -0.2) is 4.98 Å². The first kappa shape index (κ1) is 18.4. The highest BCUT2D eigenvalue weighted by atomic mass is 35.5. The number of hydrogen-bond acceptors (Lipinski definition) is 4. The van der Waals surface area contributed by atoms with Gasteiger partial charge in [0.15, 0.2) is 5.01 Å². The zero-order valence-corrected chi connectivity index (χ0v) is 13.6. The number of amides is 1. The van der Waals surface area contributed by atoms with Crippen LogP contribution in [0.5, 0.6) is 0 Å². The molecule has 4 nitrogen and oxygen atoms in total. The Morgan fingerprint density at radius 2 is 2.21 bits per heavy atom. The van der Waals surface area contributed by atoms with E-state index < -0.39 is 5.91 Å². The van der Waals surface area contributed by atoms with Crippen molar-refractivity contribution in [3.05, 3.63) is 16.1 Å². The fourth-order valence-electron chi connectivity index (χ4n) is 1.71. The van der Waals surface area contributed by atoms with E-state index in [2.05, 4.69) is 25.8 Å². The Labute approximate surface area is 125 Å². The average molecular weight is 307 g/mol. The third-order valence-electron chi connectivity index (χ3n) is 3.19. The molecule has 2 N–H and O–H groups in total. The molecular weight excluding hydrogens is 284 g/mol. The fraction of sp³-hybridized carbons (Fsp3) is 0.692. The number of hydrogen-bond donors (Lipinski definition) is 1. The van der Waals surface area contributed by atoms with Crippen LogP contribution in [0.2, 0.25) is 0 Å². The molecule has 6 heteroatoms. The molecule has 1 atom stereocenters. The van der Waals surface area contributed by atoms with Crippen LogP contribution in [-0.4, -0.2) is 23.6 Å². The van der Waals surface area contributed by atoms with Crippen molar-refractivity contribution in [2.75, 3.05) is 7.11 Å². The zero-order valence-electron chi connectivity index (χ0n) is 11.9. The molecular formula is C13H23ClN2O2S. The van der Waals surface area contributed by atoms with Gasteiger partial charge in [0.25, 0.3) is 5.91 Å². The van der Waals surface area contributed by atoms with Crippen LogP contribution in [-0.2, 0) is 4.74 Å². The molecule has 1 heterocycles. The Morgan fingerprint density at radius 1 is 1.58 bits per heavy atom. The number of nitrogens with two attached hydrogens (primary N) is 1. The van der Waals surface area contributed by atoms with Crippen LogP contribution in [0, 0.1) is 0 Å². The lowest BCUT2D eigenvalue weighted by molar-refractivity contribution is 0.0132. The largest absolute Gasteiger partial charge is 0.379 e. The number of aromatic nitrogens is 1. The predicted molar refractivity (Wildman–Crippen MR) is 81.2 cm³/mol. The van der Waals surface area contributed by atoms with Crippen LogP contribution in [0.3, 0.4) is 0 Å². The van der Waals surface area contributed by atoms with Crippen LogP contribution in [0.25, 0.3) is 0 Å². The molecule has 0 bridgehead atoms. The molecule has 19 heavy (non-hydrogen) atoms. The maximum atomic E-state index is 11.0.